The highest BCUT2D eigenvalue weighted by atomic mass is 32.1. The van der Waals surface area contributed by atoms with Crippen molar-refractivity contribution in [3.8, 4) is 12.3 Å². The highest BCUT2D eigenvalue weighted by Crippen LogP contribution is 2.28. The number of thiazole rings is 1. The Morgan fingerprint density at radius 2 is 2.04 bits per heavy atom. The Hall–Kier alpha value is -3.32. The number of ether oxygens (including phenoxy) is 1. The number of nitrogens with one attached hydrogen (secondary N) is 1. The van der Waals surface area contributed by atoms with Gasteiger partial charge in [-0.3, -0.25) is 9.36 Å². The third kappa shape index (κ3) is 3.70. The van der Waals surface area contributed by atoms with Crippen LogP contribution in [0.25, 0.3) is 10.2 Å². The molecule has 0 fully saturated rings. The van der Waals surface area contributed by atoms with Gasteiger partial charge < -0.3 is 10.1 Å². The lowest BCUT2D eigenvalue weighted by Crippen LogP contribution is -2.53. The third-order valence-corrected chi connectivity index (χ3v) is 4.87. The Morgan fingerprint density at radius 3 is 2.71 bits per heavy atom. The summed E-state index contributed by atoms with van der Waals surface area (Å²) in [6.45, 7) is 2.09. The lowest BCUT2D eigenvalue weighted by Gasteiger charge is -2.34. The van der Waals surface area contributed by atoms with Crippen LogP contribution in [-0.2, 0) is 11.3 Å². The number of carbonyl (C=O) groups excluding carboxylic acids is 2. The molecule has 3 amide bonds. The number of amides is 3. The van der Waals surface area contributed by atoms with Crippen LogP contribution in [0.4, 0.5) is 19.7 Å². The molecular weight excluding hydrogens is 387 g/mol. The minimum absolute atomic E-state index is 0.0191. The van der Waals surface area contributed by atoms with Gasteiger partial charge in [0, 0.05) is 0 Å². The van der Waals surface area contributed by atoms with E-state index < -0.39 is 17.9 Å². The second-order valence-electron chi connectivity index (χ2n) is 5.72. The molecule has 0 saturated heterocycles. The number of benzene rings is 1. The molecule has 1 aromatic heterocycles. The number of urea groups is 1. The van der Waals surface area contributed by atoms with Gasteiger partial charge in [-0.1, -0.05) is 29.4 Å². The van der Waals surface area contributed by atoms with Gasteiger partial charge in [-0.15, -0.1) is 6.42 Å². The molecule has 0 radical (unpaired) electrons. The summed E-state index contributed by atoms with van der Waals surface area (Å²) >= 11 is 0.833. The summed E-state index contributed by atoms with van der Waals surface area (Å²) in [5.74, 6) is 1.76. The molecular formula is C18H17FN4O4S. The molecule has 0 atom stereocenters. The van der Waals surface area contributed by atoms with E-state index in [2.05, 4.69) is 11.2 Å². The molecule has 0 saturated carbocycles. The zero-order valence-corrected chi connectivity index (χ0v) is 15.8. The molecule has 8 nitrogen and oxygen atoms in total. The molecule has 28 heavy (non-hydrogen) atoms. The third-order valence-electron chi connectivity index (χ3n) is 3.95. The van der Waals surface area contributed by atoms with Crippen molar-refractivity contribution < 1.29 is 18.7 Å². The second-order valence-corrected chi connectivity index (χ2v) is 6.72. The van der Waals surface area contributed by atoms with E-state index in [1.54, 1.807) is 19.1 Å². The van der Waals surface area contributed by atoms with Crippen molar-refractivity contribution in [2.45, 2.75) is 13.5 Å². The first-order chi connectivity index (χ1) is 13.5. The maximum absolute atomic E-state index is 14.0. The van der Waals surface area contributed by atoms with Gasteiger partial charge in [0.15, 0.2) is 0 Å². The molecule has 0 spiro atoms. The number of terminal acetylenes is 1. The largest absolute Gasteiger partial charge is 0.448 e. The zero-order valence-electron chi connectivity index (χ0n) is 15.0. The van der Waals surface area contributed by atoms with Crippen LogP contribution >= 0.6 is 11.3 Å². The topological polar surface area (TPSA) is 83.9 Å². The van der Waals surface area contributed by atoms with E-state index in [1.807, 2.05) is 0 Å². The summed E-state index contributed by atoms with van der Waals surface area (Å²) in [6.07, 6.45) is 8.09. The lowest BCUT2D eigenvalue weighted by molar-refractivity contribution is 0.0199. The van der Waals surface area contributed by atoms with Crippen molar-refractivity contribution in [2.24, 2.45) is 0 Å². The molecule has 1 aromatic carbocycles. The van der Waals surface area contributed by atoms with Crippen LogP contribution in [0, 0.1) is 18.2 Å². The van der Waals surface area contributed by atoms with Crippen molar-refractivity contribution in [1.82, 2.24) is 14.6 Å². The van der Waals surface area contributed by atoms with E-state index in [0.717, 1.165) is 27.4 Å². The molecule has 0 bridgehead atoms. The first kappa shape index (κ1) is 19.4. The second kappa shape index (κ2) is 8.14. The highest BCUT2D eigenvalue weighted by Gasteiger charge is 2.28. The zero-order chi connectivity index (χ0) is 20.3. The minimum atomic E-state index is -0.675. The molecule has 0 unspecified atom stereocenters. The lowest BCUT2D eigenvalue weighted by atomic mass is 10.2. The van der Waals surface area contributed by atoms with Crippen LogP contribution in [0.1, 0.15) is 6.92 Å². The predicted molar refractivity (Wildman–Crippen MR) is 103 cm³/mol. The fourth-order valence-corrected chi connectivity index (χ4v) is 3.73. The smallest absolute Gasteiger partial charge is 0.429 e. The summed E-state index contributed by atoms with van der Waals surface area (Å²) in [4.78, 5) is 36.7. The molecule has 2 heterocycles. The van der Waals surface area contributed by atoms with Gasteiger partial charge in [0.05, 0.1) is 42.1 Å². The number of rotatable bonds is 3. The Kier molecular flexibility index (Phi) is 5.65. The summed E-state index contributed by atoms with van der Waals surface area (Å²) in [6, 6.07) is 1.64. The Labute approximate surface area is 163 Å². The average Bonchev–Trinajstić information content (AvgIpc) is 2.97. The number of carbonyl (C=O) groups is 2. The molecule has 146 valence electrons. The average molecular weight is 404 g/mol. The Morgan fingerprint density at radius 1 is 1.32 bits per heavy atom. The quantitative estimate of drug-likeness (QED) is 0.630. The van der Waals surface area contributed by atoms with Crippen LogP contribution in [0.5, 0.6) is 0 Å². The van der Waals surface area contributed by atoms with Gasteiger partial charge in [0.25, 0.3) is 0 Å². The van der Waals surface area contributed by atoms with E-state index in [1.165, 1.54) is 10.6 Å². The molecule has 1 aliphatic heterocycles. The van der Waals surface area contributed by atoms with Gasteiger partial charge >= 0.3 is 17.0 Å². The van der Waals surface area contributed by atoms with Gasteiger partial charge in [0.1, 0.15) is 5.82 Å². The minimum Gasteiger partial charge on any atom is -0.448 e. The predicted octanol–water partition coefficient (Wildman–Crippen LogP) is 2.61. The van der Waals surface area contributed by atoms with Crippen LogP contribution in [0.15, 0.2) is 29.1 Å². The van der Waals surface area contributed by atoms with Crippen LogP contribution in [0.3, 0.4) is 0 Å². The van der Waals surface area contributed by atoms with E-state index >= 15 is 0 Å². The Bertz CT molecular complexity index is 1050. The summed E-state index contributed by atoms with van der Waals surface area (Å²) in [5.41, 5.74) is 0.421. The number of fused-ring (bicyclic) bond motifs is 1. The number of hydrogen-bond acceptors (Lipinski definition) is 5. The van der Waals surface area contributed by atoms with E-state index in [0.29, 0.717) is 10.2 Å². The highest BCUT2D eigenvalue weighted by molar-refractivity contribution is 7.16. The van der Waals surface area contributed by atoms with Crippen molar-refractivity contribution in [2.75, 3.05) is 25.0 Å². The summed E-state index contributed by atoms with van der Waals surface area (Å²) < 4.78 is 20.6. The van der Waals surface area contributed by atoms with Crippen molar-refractivity contribution in [1.29, 1.82) is 0 Å². The van der Waals surface area contributed by atoms with Gasteiger partial charge in [-0.2, -0.15) is 0 Å². The van der Waals surface area contributed by atoms with E-state index in [4.69, 9.17) is 11.2 Å². The van der Waals surface area contributed by atoms with Crippen molar-refractivity contribution >= 4 is 39.4 Å². The maximum Gasteiger partial charge on any atom is 0.429 e. The molecule has 3 rings (SSSR count). The number of hydrazine groups is 1. The first-order valence-electron chi connectivity index (χ1n) is 8.40. The summed E-state index contributed by atoms with van der Waals surface area (Å²) in [5, 5.41) is 4.86. The molecule has 1 aliphatic rings. The fourth-order valence-electron chi connectivity index (χ4n) is 2.79. The van der Waals surface area contributed by atoms with Gasteiger partial charge in [-0.25, -0.2) is 24.0 Å². The first-order valence-corrected chi connectivity index (χ1v) is 9.22. The number of anilines is 1. The Balaban J connectivity index is 1.96. The number of nitrogens with zero attached hydrogens (tertiary/aromatic N) is 3. The standard InChI is InChI=1S/C18H17FN4O4S/c1-3-7-21-15-13(10-12(19)11-14(15)28-18(21)26)20-16(24)22-8-5-6-9-23(22)17(25)27-4-2/h1,5-6,10-11H,4,7-9H2,2H3,(H,20,24). The molecule has 10 heteroatoms. The number of hydrogen-bond donors (Lipinski definition) is 1. The maximum atomic E-state index is 14.0. The fraction of sp³-hybridized carbons (Fsp3) is 0.278. The number of halogens is 1. The normalized spacial score (nSPS) is 13.5. The van der Waals surface area contributed by atoms with Gasteiger partial charge in [0.2, 0.25) is 0 Å². The monoisotopic (exact) mass is 404 g/mol. The summed E-state index contributed by atoms with van der Waals surface area (Å²) in [7, 11) is 0. The number of aromatic nitrogens is 1. The molecule has 0 aliphatic carbocycles. The van der Waals surface area contributed by atoms with E-state index in [9.17, 15) is 18.8 Å². The van der Waals surface area contributed by atoms with Crippen LogP contribution in [0.2, 0.25) is 0 Å². The van der Waals surface area contributed by atoms with Gasteiger partial charge in [-0.05, 0) is 19.1 Å². The van der Waals surface area contributed by atoms with Crippen LogP contribution in [-0.4, -0.2) is 46.4 Å². The SMILES string of the molecule is C#CCn1c(=O)sc2cc(F)cc(NC(=O)N3CC=CCN3C(=O)OCC)c21. The van der Waals surface area contributed by atoms with Crippen molar-refractivity contribution in [3.05, 3.63) is 39.8 Å². The van der Waals surface area contributed by atoms with E-state index in [-0.39, 0.29) is 36.8 Å². The molecule has 2 aromatic rings. The molecule has 1 N–H and O–H groups in total. The van der Waals surface area contributed by atoms with Crippen LogP contribution < -0.4 is 10.2 Å². The van der Waals surface area contributed by atoms with Crippen molar-refractivity contribution in [3.63, 3.8) is 0 Å².